The summed E-state index contributed by atoms with van der Waals surface area (Å²) in [5.41, 5.74) is -2.91. The lowest BCUT2D eigenvalue weighted by molar-refractivity contribution is -0.198. The standard InChI is InChI=1S/C27H45NO4.C6H8O7/c1-16(29)19-8-9-20-18-7-6-17-12-22(30)21(28-10-11-32-25(2,3)15-28)13-26(17,4)24(18)23(31)14-27(19,20)5;7-3(8)1-6(13,5(11)12)2-4(9)10/h17-24,30-31H,6-15H2,1-5H3;13H,1-2H2,(H,7,8)(H,9,10)(H,11,12)/t17?,18-,19+,20-,21-,22-,23?,24+,26-,27+;/m0./s1. The average molecular weight is 640 g/mol. The molecule has 1 saturated heterocycles. The highest BCUT2D eigenvalue weighted by molar-refractivity contribution is 5.88. The van der Waals surface area contributed by atoms with Gasteiger partial charge in [-0.2, -0.15) is 0 Å². The van der Waals surface area contributed by atoms with Crippen molar-refractivity contribution in [2.24, 2.45) is 40.4 Å². The number of rotatable bonds is 7. The van der Waals surface area contributed by atoms with Gasteiger partial charge < -0.3 is 35.4 Å². The van der Waals surface area contributed by atoms with Gasteiger partial charge in [0.2, 0.25) is 0 Å². The first-order valence-corrected chi connectivity index (χ1v) is 16.4. The maximum atomic E-state index is 12.4. The highest BCUT2D eigenvalue weighted by Crippen LogP contribution is 2.67. The van der Waals surface area contributed by atoms with E-state index in [-0.39, 0.29) is 46.5 Å². The molecule has 12 nitrogen and oxygen atoms in total. The van der Waals surface area contributed by atoms with Crippen LogP contribution in [0.1, 0.15) is 92.4 Å². The maximum Gasteiger partial charge on any atom is 0.336 e. The van der Waals surface area contributed by atoms with Gasteiger partial charge in [-0.25, -0.2) is 4.79 Å². The molecule has 0 aromatic carbocycles. The van der Waals surface area contributed by atoms with Crippen molar-refractivity contribution in [3.63, 3.8) is 0 Å². The van der Waals surface area contributed by atoms with E-state index in [9.17, 15) is 29.4 Å². The van der Waals surface area contributed by atoms with E-state index in [4.69, 9.17) is 25.2 Å². The van der Waals surface area contributed by atoms with E-state index < -0.39 is 36.4 Å². The number of aliphatic hydroxyl groups is 3. The van der Waals surface area contributed by atoms with Gasteiger partial charge in [-0.15, -0.1) is 0 Å². The molecule has 12 heteroatoms. The zero-order chi connectivity index (χ0) is 33.7. The molecule has 5 fully saturated rings. The van der Waals surface area contributed by atoms with Crippen LogP contribution in [0.4, 0.5) is 0 Å². The molecule has 0 spiro atoms. The largest absolute Gasteiger partial charge is 0.481 e. The van der Waals surface area contributed by atoms with Crippen molar-refractivity contribution in [1.29, 1.82) is 0 Å². The third-order valence-electron chi connectivity index (χ3n) is 12.3. The van der Waals surface area contributed by atoms with Crippen molar-refractivity contribution in [2.45, 2.75) is 122 Å². The molecule has 45 heavy (non-hydrogen) atoms. The first kappa shape index (κ1) is 35.7. The number of aliphatic hydroxyl groups excluding tert-OH is 2. The molecule has 5 rings (SSSR count). The van der Waals surface area contributed by atoms with Crippen LogP contribution in [0.5, 0.6) is 0 Å². The Kier molecular flexibility index (Phi) is 10.2. The highest BCUT2D eigenvalue weighted by Gasteiger charge is 2.64. The average Bonchev–Trinajstić information content (AvgIpc) is 3.24. The second-order valence-corrected chi connectivity index (χ2v) is 15.7. The Balaban J connectivity index is 0.000000302. The van der Waals surface area contributed by atoms with E-state index in [1.807, 2.05) is 0 Å². The van der Waals surface area contributed by atoms with Gasteiger partial charge in [0.25, 0.3) is 0 Å². The van der Waals surface area contributed by atoms with Crippen molar-refractivity contribution < 1.29 is 54.6 Å². The maximum absolute atomic E-state index is 12.4. The number of hydrogen-bond acceptors (Lipinski definition) is 9. The molecule has 0 amide bonds. The molecule has 0 aromatic heterocycles. The van der Waals surface area contributed by atoms with Crippen molar-refractivity contribution in [2.75, 3.05) is 19.7 Å². The van der Waals surface area contributed by atoms with E-state index >= 15 is 0 Å². The summed E-state index contributed by atoms with van der Waals surface area (Å²) in [4.78, 5) is 45.4. The number of carbonyl (C=O) groups is 4. The van der Waals surface area contributed by atoms with Crippen molar-refractivity contribution in [1.82, 2.24) is 4.90 Å². The fourth-order valence-electron chi connectivity index (χ4n) is 10.5. The molecule has 256 valence electrons. The molecular formula is C33H53NO11. The Morgan fingerprint density at radius 3 is 2.02 bits per heavy atom. The highest BCUT2D eigenvalue weighted by atomic mass is 16.5. The number of carboxylic acid groups (broad SMARTS) is 3. The van der Waals surface area contributed by atoms with Crippen molar-refractivity contribution in [3.05, 3.63) is 0 Å². The smallest absolute Gasteiger partial charge is 0.336 e. The predicted molar refractivity (Wildman–Crippen MR) is 161 cm³/mol. The SMILES string of the molecule is CC(=O)[C@H]1CC[C@H]2[C@@H]3CCC4C[C@H](O)[C@@H](N5CCOC(C)(C)C5)C[C@]4(C)[C@H]3C(O)C[C@]12C.O=C(O)CC(O)(CC(=O)O)C(=O)O. The van der Waals surface area contributed by atoms with Crippen molar-refractivity contribution in [3.8, 4) is 0 Å². The predicted octanol–water partition coefficient (Wildman–Crippen LogP) is 2.41. The minimum Gasteiger partial charge on any atom is -0.481 e. The lowest BCUT2D eigenvalue weighted by Gasteiger charge is -2.64. The summed E-state index contributed by atoms with van der Waals surface area (Å²) in [6.07, 6.45) is 4.10. The van der Waals surface area contributed by atoms with Crippen LogP contribution in [0.25, 0.3) is 0 Å². The Bertz CT molecular complexity index is 1140. The summed E-state index contributed by atoms with van der Waals surface area (Å²) in [7, 11) is 0. The lowest BCUT2D eigenvalue weighted by Crippen LogP contribution is -2.64. The zero-order valence-corrected chi connectivity index (χ0v) is 27.3. The number of ketones is 1. The van der Waals surface area contributed by atoms with Gasteiger partial charge in [0, 0.05) is 25.0 Å². The number of aliphatic carboxylic acids is 3. The number of Topliss-reactive ketones (excluding diaryl/α,β-unsaturated/α-hetero) is 1. The Morgan fingerprint density at radius 2 is 1.49 bits per heavy atom. The molecule has 0 aromatic rings. The van der Waals surface area contributed by atoms with Gasteiger partial charge in [-0.05, 0) is 100 Å². The number of carboxylic acids is 3. The van der Waals surface area contributed by atoms with E-state index in [1.165, 1.54) is 0 Å². The third kappa shape index (κ3) is 6.95. The fourth-order valence-corrected chi connectivity index (χ4v) is 10.5. The molecule has 1 aliphatic heterocycles. The van der Waals surface area contributed by atoms with E-state index in [0.717, 1.165) is 64.6 Å². The molecule has 2 unspecified atom stereocenters. The molecule has 4 aliphatic carbocycles. The molecular weight excluding hydrogens is 586 g/mol. The van der Waals surface area contributed by atoms with Gasteiger partial charge in [0.05, 0.1) is 37.3 Å². The molecule has 1 heterocycles. The minimum absolute atomic E-state index is 0.0442. The molecule has 10 atom stereocenters. The Morgan fingerprint density at radius 1 is 0.867 bits per heavy atom. The second-order valence-electron chi connectivity index (χ2n) is 15.7. The molecule has 6 N–H and O–H groups in total. The molecule has 0 radical (unpaired) electrons. The number of morpholine rings is 1. The van der Waals surface area contributed by atoms with Crippen LogP contribution in [0, 0.1) is 40.4 Å². The van der Waals surface area contributed by atoms with E-state index in [1.54, 1.807) is 6.92 Å². The summed E-state index contributed by atoms with van der Waals surface area (Å²) < 4.78 is 5.95. The van der Waals surface area contributed by atoms with Crippen LogP contribution in [-0.2, 0) is 23.9 Å². The van der Waals surface area contributed by atoms with Crippen molar-refractivity contribution >= 4 is 23.7 Å². The van der Waals surface area contributed by atoms with Crippen LogP contribution in [0.15, 0.2) is 0 Å². The van der Waals surface area contributed by atoms with Crippen LogP contribution in [-0.4, -0.2) is 108 Å². The quantitative estimate of drug-likeness (QED) is 0.238. The first-order chi connectivity index (χ1) is 20.7. The topological polar surface area (TPSA) is 202 Å². The van der Waals surface area contributed by atoms with Gasteiger partial charge in [0.15, 0.2) is 5.60 Å². The monoisotopic (exact) mass is 639 g/mol. The summed E-state index contributed by atoms with van der Waals surface area (Å²) in [5.74, 6) is -2.76. The van der Waals surface area contributed by atoms with Crippen LogP contribution < -0.4 is 0 Å². The first-order valence-electron chi connectivity index (χ1n) is 16.4. The van der Waals surface area contributed by atoms with E-state index in [2.05, 4.69) is 32.6 Å². The third-order valence-corrected chi connectivity index (χ3v) is 12.3. The van der Waals surface area contributed by atoms with Gasteiger partial charge in [-0.1, -0.05) is 13.8 Å². The second kappa shape index (κ2) is 12.8. The number of nitrogens with zero attached hydrogens (tertiary/aromatic N) is 1. The van der Waals surface area contributed by atoms with Crippen LogP contribution in [0.3, 0.4) is 0 Å². The lowest BCUT2D eigenvalue weighted by atomic mass is 9.43. The number of fused-ring (bicyclic) bond motifs is 5. The van der Waals surface area contributed by atoms with Gasteiger partial charge in [-0.3, -0.25) is 19.3 Å². The van der Waals surface area contributed by atoms with E-state index in [0.29, 0.717) is 23.5 Å². The van der Waals surface area contributed by atoms with Crippen LogP contribution >= 0.6 is 0 Å². The molecule has 4 saturated carbocycles. The Labute approximate surface area is 265 Å². The summed E-state index contributed by atoms with van der Waals surface area (Å²) in [6, 6.07) is 0.146. The van der Waals surface area contributed by atoms with Gasteiger partial charge >= 0.3 is 17.9 Å². The number of ether oxygens (including phenoxy) is 1. The summed E-state index contributed by atoms with van der Waals surface area (Å²) >= 11 is 0. The normalized spacial score (nSPS) is 41.0. The van der Waals surface area contributed by atoms with Gasteiger partial charge in [0.1, 0.15) is 5.78 Å². The Hall–Kier alpha value is -2.12. The summed E-state index contributed by atoms with van der Waals surface area (Å²) in [5, 5.41) is 56.7. The summed E-state index contributed by atoms with van der Waals surface area (Å²) in [6.45, 7) is 13.2. The molecule has 5 aliphatic rings. The minimum atomic E-state index is -2.74. The number of carbonyl (C=O) groups excluding carboxylic acids is 1. The van der Waals surface area contributed by atoms with Crippen LogP contribution in [0.2, 0.25) is 0 Å². The molecule has 0 bridgehead atoms. The number of hydrogen-bond donors (Lipinski definition) is 6. The fraction of sp³-hybridized carbons (Fsp3) is 0.879. The zero-order valence-electron chi connectivity index (χ0n) is 27.3.